The molecule has 0 heterocycles. The zero-order chi connectivity index (χ0) is 46.2. The molecule has 3 atom stereocenters. The van der Waals surface area contributed by atoms with Gasteiger partial charge in [-0.05, 0) is 300 Å². The molecule has 2 unspecified atom stereocenters. The van der Waals surface area contributed by atoms with Gasteiger partial charge in [-0.3, -0.25) is 0 Å². The Morgan fingerprint density at radius 3 is 0.746 bits per heavy atom. The molecule has 6 aromatic rings. The second-order valence-electron chi connectivity index (χ2n) is 14.6. The van der Waals surface area contributed by atoms with Gasteiger partial charge in [0, 0.05) is 18.1 Å². The first kappa shape index (κ1) is 54.0. The molecule has 0 aromatic heterocycles. The Morgan fingerprint density at radius 1 is 0.381 bits per heavy atom. The Balaban J connectivity index is 0.000000207. The van der Waals surface area contributed by atoms with Crippen molar-refractivity contribution in [3.63, 3.8) is 0 Å². The quantitative estimate of drug-likeness (QED) is 0.0549. The number of halogens is 6. The summed E-state index contributed by atoms with van der Waals surface area (Å²) in [4.78, 5) is 0. The van der Waals surface area contributed by atoms with E-state index in [0.29, 0.717) is 17.2 Å². The van der Waals surface area contributed by atoms with Gasteiger partial charge >= 0.3 is 0 Å². The third kappa shape index (κ3) is 18.2. The van der Waals surface area contributed by atoms with Gasteiger partial charge in [-0.25, -0.2) is 0 Å². The van der Waals surface area contributed by atoms with E-state index in [9.17, 15) is 15.3 Å². The highest BCUT2D eigenvalue weighted by molar-refractivity contribution is 14.1. The minimum atomic E-state index is 0.195. The Morgan fingerprint density at radius 2 is 0.571 bits per heavy atom. The molecular weight excluding hydrogens is 1480 g/mol. The van der Waals surface area contributed by atoms with Gasteiger partial charge in [0.2, 0.25) is 0 Å². The van der Waals surface area contributed by atoms with Crippen LogP contribution >= 0.6 is 136 Å². The van der Waals surface area contributed by atoms with E-state index in [2.05, 4.69) is 193 Å². The van der Waals surface area contributed by atoms with Gasteiger partial charge in [-0.15, -0.1) is 0 Å². The molecule has 0 bridgehead atoms. The summed E-state index contributed by atoms with van der Waals surface area (Å²) >= 11 is 13.7. The third-order valence-electron chi connectivity index (χ3n) is 9.41. The number of ether oxygens (including phenoxy) is 3. The number of aromatic hydroxyl groups is 3. The van der Waals surface area contributed by atoms with Crippen molar-refractivity contribution in [2.75, 3.05) is 0 Å². The zero-order valence-corrected chi connectivity index (χ0v) is 47.9. The number of benzene rings is 6. The fourth-order valence-corrected chi connectivity index (χ4v) is 12.1. The first-order valence-electron chi connectivity index (χ1n) is 20.1. The van der Waals surface area contributed by atoms with Crippen LogP contribution in [0.4, 0.5) is 0 Å². The molecule has 0 fully saturated rings. The molecule has 15 heteroatoms. The van der Waals surface area contributed by atoms with Crippen molar-refractivity contribution in [1.82, 2.24) is 0 Å². The van der Waals surface area contributed by atoms with Crippen molar-refractivity contribution < 1.29 is 29.5 Å². The van der Waals surface area contributed by atoms with E-state index >= 15 is 0 Å². The Kier molecular flexibility index (Phi) is 23.4. The van der Waals surface area contributed by atoms with Crippen LogP contribution in [-0.2, 0) is 19.3 Å². The maximum absolute atomic E-state index is 9.31. The number of phenolic OH excluding ortho intramolecular Hbond substituents is 3. The van der Waals surface area contributed by atoms with Gasteiger partial charge in [0.15, 0.2) is 17.2 Å². The van der Waals surface area contributed by atoms with Crippen molar-refractivity contribution in [3.8, 4) is 51.7 Å². The van der Waals surface area contributed by atoms with Gasteiger partial charge in [-0.2, -0.15) is 0 Å². The standard InChI is InChI=1S/3C16H17I2NO2/c3*1-2-11(19)7-10-8-14(17)16(15(18)9-10)21-13-5-3-12(20)4-6-13/h3*3-6,8-9,11,20H,2,7,19H2,1H3/t11-;;/m0../s1. The number of nitrogens with two attached hydrogens (primary N) is 3. The lowest BCUT2D eigenvalue weighted by Crippen LogP contribution is -2.21. The minimum absolute atomic E-state index is 0.195. The van der Waals surface area contributed by atoms with E-state index in [-0.39, 0.29) is 35.4 Å². The summed E-state index contributed by atoms with van der Waals surface area (Å²) in [6.07, 6.45) is 5.54. The lowest BCUT2D eigenvalue weighted by molar-refractivity contribution is 0.461. The molecular formula is C48H51I6N3O6. The summed E-state index contributed by atoms with van der Waals surface area (Å²) in [5.74, 6) is 5.36. The van der Waals surface area contributed by atoms with Crippen LogP contribution in [0.15, 0.2) is 109 Å². The van der Waals surface area contributed by atoms with Gasteiger partial charge in [-0.1, -0.05) is 20.8 Å². The molecule has 0 aliphatic carbocycles. The predicted octanol–water partition coefficient (Wildman–Crippen LogP) is 14.0. The molecule has 6 aromatic carbocycles. The van der Waals surface area contributed by atoms with Gasteiger partial charge < -0.3 is 46.7 Å². The fourth-order valence-electron chi connectivity index (χ4n) is 5.72. The van der Waals surface area contributed by atoms with E-state index in [1.54, 1.807) is 72.8 Å². The Labute approximate surface area is 452 Å². The highest BCUT2D eigenvalue weighted by Gasteiger charge is 2.15. The monoisotopic (exact) mass is 1530 g/mol. The number of hydrogen-bond donors (Lipinski definition) is 6. The minimum Gasteiger partial charge on any atom is -0.508 e. The molecule has 0 saturated heterocycles. The number of phenols is 3. The summed E-state index contributed by atoms with van der Waals surface area (Å²) in [6.45, 7) is 6.30. The third-order valence-corrected chi connectivity index (χ3v) is 14.2. The van der Waals surface area contributed by atoms with Gasteiger partial charge in [0.05, 0.1) is 21.4 Å². The molecule has 63 heavy (non-hydrogen) atoms. The van der Waals surface area contributed by atoms with Gasteiger partial charge in [0.25, 0.3) is 0 Å². The molecule has 0 aliphatic rings. The first-order valence-corrected chi connectivity index (χ1v) is 26.6. The highest BCUT2D eigenvalue weighted by Crippen LogP contribution is 2.36. The SMILES string of the molecule is CCC(N)Cc1cc(I)c(Oc2ccc(O)cc2)c(I)c1.CCC(N)Cc1cc(I)c(Oc2ccc(O)cc2)c(I)c1.CC[C@H](N)Cc1cc(I)c(Oc2ccc(O)cc2)c(I)c1. The van der Waals surface area contributed by atoms with E-state index in [0.717, 1.165) is 77.2 Å². The average Bonchev–Trinajstić information content (AvgIpc) is 3.24. The normalized spacial score (nSPS) is 12.2. The predicted molar refractivity (Wildman–Crippen MR) is 306 cm³/mol. The smallest absolute Gasteiger partial charge is 0.154 e. The van der Waals surface area contributed by atoms with Crippen LogP contribution in [0.25, 0.3) is 0 Å². The summed E-state index contributed by atoms with van der Waals surface area (Å²) in [5.41, 5.74) is 21.8. The fraction of sp³-hybridized carbons (Fsp3) is 0.250. The van der Waals surface area contributed by atoms with Crippen LogP contribution in [-0.4, -0.2) is 33.4 Å². The first-order chi connectivity index (χ1) is 30.0. The van der Waals surface area contributed by atoms with Crippen LogP contribution in [0.2, 0.25) is 0 Å². The molecule has 0 radical (unpaired) electrons. The molecule has 9 N–H and O–H groups in total. The second-order valence-corrected chi connectivity index (χ2v) is 21.5. The summed E-state index contributed by atoms with van der Waals surface area (Å²) < 4.78 is 24.1. The summed E-state index contributed by atoms with van der Waals surface area (Å²) in [6, 6.07) is 33.5. The van der Waals surface area contributed by atoms with Crippen molar-refractivity contribution in [3.05, 3.63) is 147 Å². The maximum atomic E-state index is 9.31. The largest absolute Gasteiger partial charge is 0.508 e. The van der Waals surface area contributed by atoms with E-state index in [1.807, 2.05) is 0 Å². The van der Waals surface area contributed by atoms with Crippen LogP contribution in [0.3, 0.4) is 0 Å². The van der Waals surface area contributed by atoms with E-state index in [4.69, 9.17) is 31.4 Å². The van der Waals surface area contributed by atoms with Crippen molar-refractivity contribution >= 4 is 136 Å². The average molecular weight is 1530 g/mol. The van der Waals surface area contributed by atoms with E-state index < -0.39 is 0 Å². The highest BCUT2D eigenvalue weighted by atomic mass is 127. The molecule has 0 aliphatic heterocycles. The topological polar surface area (TPSA) is 166 Å². The van der Waals surface area contributed by atoms with E-state index in [1.165, 1.54) is 16.7 Å². The molecule has 0 spiro atoms. The lowest BCUT2D eigenvalue weighted by atomic mass is 10.0. The zero-order valence-electron chi connectivity index (χ0n) is 34.9. The van der Waals surface area contributed by atoms with Crippen molar-refractivity contribution in [1.29, 1.82) is 0 Å². The summed E-state index contributed by atoms with van der Waals surface area (Å²) in [7, 11) is 0. The Bertz CT molecular complexity index is 2040. The number of rotatable bonds is 15. The van der Waals surface area contributed by atoms with Gasteiger partial charge in [0.1, 0.15) is 34.5 Å². The molecule has 6 rings (SSSR count). The molecule has 9 nitrogen and oxygen atoms in total. The molecule has 0 amide bonds. The van der Waals surface area contributed by atoms with Crippen LogP contribution in [0.5, 0.6) is 51.7 Å². The maximum Gasteiger partial charge on any atom is 0.154 e. The van der Waals surface area contributed by atoms with Crippen molar-refractivity contribution in [2.45, 2.75) is 77.4 Å². The molecule has 336 valence electrons. The summed E-state index contributed by atoms with van der Waals surface area (Å²) in [5, 5.41) is 27.9. The Hall–Kier alpha value is -1.62. The lowest BCUT2D eigenvalue weighted by Gasteiger charge is -2.14. The van der Waals surface area contributed by atoms with Crippen LogP contribution in [0.1, 0.15) is 56.7 Å². The van der Waals surface area contributed by atoms with Crippen molar-refractivity contribution in [2.24, 2.45) is 17.2 Å². The van der Waals surface area contributed by atoms with Crippen LogP contribution < -0.4 is 31.4 Å². The molecule has 0 saturated carbocycles. The van der Waals surface area contributed by atoms with Crippen LogP contribution in [0, 0.1) is 21.4 Å². The second kappa shape index (κ2) is 27.3. The number of hydrogen-bond acceptors (Lipinski definition) is 9.